The molecule has 19 heavy (non-hydrogen) atoms. The molecule has 4 nitrogen and oxygen atoms in total. The number of anilines is 1. The third-order valence-electron chi connectivity index (χ3n) is 2.64. The minimum atomic E-state index is -0.827. The highest BCUT2D eigenvalue weighted by atomic mass is 16.5. The zero-order valence-corrected chi connectivity index (χ0v) is 12.2. The number of hydrogen-bond donors (Lipinski definition) is 1. The zero-order valence-electron chi connectivity index (χ0n) is 12.2. The first-order valence-corrected chi connectivity index (χ1v) is 6.68. The second-order valence-corrected chi connectivity index (χ2v) is 4.77. The monoisotopic (exact) mass is 265 g/mol. The van der Waals surface area contributed by atoms with E-state index in [1.54, 1.807) is 13.8 Å². The maximum Gasteiger partial charge on any atom is 0.256 e. The topological polar surface area (TPSA) is 47.6 Å². The van der Waals surface area contributed by atoms with Crippen molar-refractivity contribution in [3.63, 3.8) is 0 Å². The Morgan fingerprint density at radius 1 is 1.21 bits per heavy atom. The normalized spacial score (nSPS) is 11.2. The van der Waals surface area contributed by atoms with E-state index in [2.05, 4.69) is 12.2 Å². The van der Waals surface area contributed by atoms with Gasteiger partial charge in [0.25, 0.3) is 5.91 Å². The average molecular weight is 265 g/mol. The smallest absolute Gasteiger partial charge is 0.256 e. The predicted octanol–water partition coefficient (Wildman–Crippen LogP) is 3.23. The van der Waals surface area contributed by atoms with E-state index in [1.807, 2.05) is 31.2 Å². The number of rotatable bonds is 7. The largest absolute Gasteiger partial charge is 0.494 e. The van der Waals surface area contributed by atoms with E-state index in [9.17, 15) is 4.79 Å². The fraction of sp³-hybridized carbons (Fsp3) is 0.533. The first-order chi connectivity index (χ1) is 8.99. The Labute approximate surface area is 115 Å². The van der Waals surface area contributed by atoms with Gasteiger partial charge < -0.3 is 14.8 Å². The van der Waals surface area contributed by atoms with E-state index in [0.29, 0.717) is 13.2 Å². The third kappa shape index (κ3) is 4.91. The number of hydrogen-bond acceptors (Lipinski definition) is 3. The van der Waals surface area contributed by atoms with Gasteiger partial charge in [-0.2, -0.15) is 0 Å². The molecule has 0 saturated carbocycles. The summed E-state index contributed by atoms with van der Waals surface area (Å²) in [6.07, 6.45) is 0.973. The first kappa shape index (κ1) is 15.5. The van der Waals surface area contributed by atoms with E-state index in [4.69, 9.17) is 9.47 Å². The van der Waals surface area contributed by atoms with Gasteiger partial charge in [0, 0.05) is 12.3 Å². The van der Waals surface area contributed by atoms with E-state index in [0.717, 1.165) is 17.9 Å². The maximum absolute atomic E-state index is 12.0. The summed E-state index contributed by atoms with van der Waals surface area (Å²) >= 11 is 0. The summed E-state index contributed by atoms with van der Waals surface area (Å²) in [5, 5.41) is 2.83. The zero-order chi connectivity index (χ0) is 14.3. The quantitative estimate of drug-likeness (QED) is 0.823. The molecule has 1 aromatic rings. The first-order valence-electron chi connectivity index (χ1n) is 6.68. The molecule has 106 valence electrons. The molecule has 0 aliphatic carbocycles. The van der Waals surface area contributed by atoms with E-state index in [1.165, 1.54) is 0 Å². The number of amides is 1. The average Bonchev–Trinajstić information content (AvgIpc) is 2.38. The summed E-state index contributed by atoms with van der Waals surface area (Å²) in [7, 11) is 0. The molecular weight excluding hydrogens is 242 g/mol. The summed E-state index contributed by atoms with van der Waals surface area (Å²) in [6, 6.07) is 7.34. The molecule has 0 heterocycles. The molecule has 0 radical (unpaired) electrons. The van der Waals surface area contributed by atoms with Crippen LogP contribution in [0.5, 0.6) is 5.75 Å². The minimum absolute atomic E-state index is 0.156. The number of nitrogens with one attached hydrogen (secondary N) is 1. The molecule has 0 aliphatic heterocycles. The Balaban J connectivity index is 2.60. The van der Waals surface area contributed by atoms with Gasteiger partial charge in [-0.05, 0) is 51.5 Å². The third-order valence-corrected chi connectivity index (χ3v) is 2.64. The van der Waals surface area contributed by atoms with Crippen LogP contribution in [0.4, 0.5) is 5.69 Å². The van der Waals surface area contributed by atoms with Crippen LogP contribution in [0.3, 0.4) is 0 Å². The van der Waals surface area contributed by atoms with Crippen LogP contribution in [-0.4, -0.2) is 24.7 Å². The molecule has 4 heteroatoms. The van der Waals surface area contributed by atoms with Gasteiger partial charge in [-0.15, -0.1) is 0 Å². The van der Waals surface area contributed by atoms with Gasteiger partial charge in [0.1, 0.15) is 11.4 Å². The van der Waals surface area contributed by atoms with Gasteiger partial charge in [0.2, 0.25) is 0 Å². The molecule has 1 amide bonds. The standard InChI is InChI=1S/C15H23NO3/c1-5-11-18-13-9-7-12(8-10-13)16-14(17)15(3,4)19-6-2/h7-10H,5-6,11H2,1-4H3,(H,16,17). The van der Waals surface area contributed by atoms with E-state index < -0.39 is 5.60 Å². The Morgan fingerprint density at radius 2 is 1.84 bits per heavy atom. The molecule has 0 unspecified atom stereocenters. The van der Waals surface area contributed by atoms with Gasteiger partial charge in [-0.25, -0.2) is 0 Å². The summed E-state index contributed by atoms with van der Waals surface area (Å²) in [5.41, 5.74) is -0.0896. The van der Waals surface area contributed by atoms with Crippen molar-refractivity contribution in [2.24, 2.45) is 0 Å². The number of ether oxygens (including phenoxy) is 2. The Kier molecular flexibility index (Phi) is 5.83. The van der Waals surface area contributed by atoms with Crippen molar-refractivity contribution in [2.45, 2.75) is 39.7 Å². The number of carbonyl (C=O) groups is 1. The van der Waals surface area contributed by atoms with Crippen molar-refractivity contribution in [1.82, 2.24) is 0 Å². The van der Waals surface area contributed by atoms with Gasteiger partial charge in [-0.1, -0.05) is 6.92 Å². The van der Waals surface area contributed by atoms with Crippen LogP contribution in [0.25, 0.3) is 0 Å². The SMILES string of the molecule is CCCOc1ccc(NC(=O)C(C)(C)OCC)cc1. The van der Waals surface area contributed by atoms with Crippen LogP contribution in [-0.2, 0) is 9.53 Å². The van der Waals surface area contributed by atoms with Crippen molar-refractivity contribution in [3.8, 4) is 5.75 Å². The molecule has 0 spiro atoms. The highest BCUT2D eigenvalue weighted by Crippen LogP contribution is 2.18. The van der Waals surface area contributed by atoms with Crippen LogP contribution in [0, 0.1) is 0 Å². The lowest BCUT2D eigenvalue weighted by Gasteiger charge is -2.23. The maximum atomic E-state index is 12.0. The molecule has 0 atom stereocenters. The van der Waals surface area contributed by atoms with Gasteiger partial charge in [-0.3, -0.25) is 4.79 Å². The van der Waals surface area contributed by atoms with E-state index >= 15 is 0 Å². The van der Waals surface area contributed by atoms with Crippen molar-refractivity contribution < 1.29 is 14.3 Å². The second-order valence-electron chi connectivity index (χ2n) is 4.77. The Morgan fingerprint density at radius 3 is 2.37 bits per heavy atom. The molecule has 1 rings (SSSR count). The van der Waals surface area contributed by atoms with Gasteiger partial charge >= 0.3 is 0 Å². The fourth-order valence-electron chi connectivity index (χ4n) is 1.56. The minimum Gasteiger partial charge on any atom is -0.494 e. The van der Waals surface area contributed by atoms with Crippen LogP contribution >= 0.6 is 0 Å². The van der Waals surface area contributed by atoms with Crippen molar-refractivity contribution >= 4 is 11.6 Å². The van der Waals surface area contributed by atoms with Gasteiger partial charge in [0.15, 0.2) is 0 Å². The highest BCUT2D eigenvalue weighted by Gasteiger charge is 2.27. The molecule has 0 aromatic heterocycles. The Hall–Kier alpha value is -1.55. The second kappa shape index (κ2) is 7.14. The van der Waals surface area contributed by atoms with E-state index in [-0.39, 0.29) is 5.91 Å². The lowest BCUT2D eigenvalue weighted by molar-refractivity contribution is -0.136. The molecular formula is C15H23NO3. The molecule has 0 bridgehead atoms. The number of benzene rings is 1. The highest BCUT2D eigenvalue weighted by molar-refractivity contribution is 5.96. The van der Waals surface area contributed by atoms with Crippen LogP contribution in [0.15, 0.2) is 24.3 Å². The molecule has 1 aromatic carbocycles. The number of carbonyl (C=O) groups excluding carboxylic acids is 1. The van der Waals surface area contributed by atoms with Crippen LogP contribution in [0.2, 0.25) is 0 Å². The van der Waals surface area contributed by atoms with Gasteiger partial charge in [0.05, 0.1) is 6.61 Å². The summed E-state index contributed by atoms with van der Waals surface area (Å²) < 4.78 is 10.9. The van der Waals surface area contributed by atoms with Crippen molar-refractivity contribution in [1.29, 1.82) is 0 Å². The molecule has 0 aliphatic rings. The van der Waals surface area contributed by atoms with Crippen molar-refractivity contribution in [3.05, 3.63) is 24.3 Å². The predicted molar refractivity (Wildman–Crippen MR) is 76.6 cm³/mol. The summed E-state index contributed by atoms with van der Waals surface area (Å²) in [4.78, 5) is 12.0. The molecule has 0 fully saturated rings. The van der Waals surface area contributed by atoms with Crippen LogP contribution in [0.1, 0.15) is 34.1 Å². The fourth-order valence-corrected chi connectivity index (χ4v) is 1.56. The lowest BCUT2D eigenvalue weighted by Crippen LogP contribution is -2.39. The summed E-state index contributed by atoms with van der Waals surface area (Å²) in [5.74, 6) is 0.653. The lowest BCUT2D eigenvalue weighted by atomic mass is 10.1. The Bertz CT molecular complexity index is 398. The molecule has 0 saturated heterocycles. The van der Waals surface area contributed by atoms with Crippen molar-refractivity contribution in [2.75, 3.05) is 18.5 Å². The molecule has 1 N–H and O–H groups in total. The van der Waals surface area contributed by atoms with Crippen LogP contribution < -0.4 is 10.1 Å². The summed E-state index contributed by atoms with van der Waals surface area (Å²) in [6.45, 7) is 8.64.